The molecule has 94 valence electrons. The number of hydrogen-bond donors (Lipinski definition) is 0. The minimum Gasteiger partial charge on any atom is -0.465 e. The number of esters is 1. The Morgan fingerprint density at radius 2 is 2.56 bits per heavy atom. The number of nitrogens with zero attached hydrogens (tertiary/aromatic N) is 4. The van der Waals surface area contributed by atoms with Gasteiger partial charge in [-0.3, -0.25) is 9.78 Å². The van der Waals surface area contributed by atoms with Gasteiger partial charge in [0.15, 0.2) is 5.54 Å². The van der Waals surface area contributed by atoms with E-state index in [4.69, 9.17) is 10.3 Å². The number of ether oxygens (including phenoxy) is 1. The Balaban J connectivity index is 2.55. The van der Waals surface area contributed by atoms with Crippen LogP contribution in [0.15, 0.2) is 23.6 Å². The monoisotopic (exact) mass is 246 g/mol. The van der Waals surface area contributed by atoms with Gasteiger partial charge in [0, 0.05) is 17.3 Å². The summed E-state index contributed by atoms with van der Waals surface area (Å²) < 4.78 is 5.06. The maximum absolute atomic E-state index is 12.2. The topological polar surface area (TPSA) is 88.0 Å². The third kappa shape index (κ3) is 1.91. The molecular formula is C12H14N4O2. The molecular weight excluding hydrogens is 232 g/mol. The van der Waals surface area contributed by atoms with Crippen molar-refractivity contribution in [3.63, 3.8) is 0 Å². The van der Waals surface area contributed by atoms with E-state index in [1.807, 2.05) is 6.07 Å². The second kappa shape index (κ2) is 5.06. The third-order valence-corrected chi connectivity index (χ3v) is 3.17. The molecule has 0 aromatic carbocycles. The fourth-order valence-electron chi connectivity index (χ4n) is 2.37. The van der Waals surface area contributed by atoms with Gasteiger partial charge in [-0.25, -0.2) is 0 Å². The zero-order chi connectivity index (χ0) is 13.0. The van der Waals surface area contributed by atoms with Crippen molar-refractivity contribution in [3.05, 3.63) is 40.0 Å². The first-order valence-corrected chi connectivity index (χ1v) is 5.91. The van der Waals surface area contributed by atoms with E-state index in [-0.39, 0.29) is 6.61 Å². The number of aromatic nitrogens is 1. The largest absolute Gasteiger partial charge is 0.465 e. The van der Waals surface area contributed by atoms with E-state index in [9.17, 15) is 4.79 Å². The Labute approximate surface area is 105 Å². The molecule has 6 nitrogen and oxygen atoms in total. The highest BCUT2D eigenvalue weighted by Crippen LogP contribution is 2.39. The third-order valence-electron chi connectivity index (χ3n) is 3.17. The summed E-state index contributed by atoms with van der Waals surface area (Å²) in [5.41, 5.74) is 9.18. The van der Waals surface area contributed by atoms with Crippen molar-refractivity contribution in [2.45, 2.75) is 31.7 Å². The highest BCUT2D eigenvalue weighted by Gasteiger charge is 2.44. The number of carbonyl (C=O) groups excluding carboxylic acids is 1. The summed E-state index contributed by atoms with van der Waals surface area (Å²) in [4.78, 5) is 19.0. The molecule has 1 aliphatic carbocycles. The van der Waals surface area contributed by atoms with Crippen LogP contribution in [0.2, 0.25) is 0 Å². The molecule has 1 aliphatic rings. The number of hydrogen-bond acceptors (Lipinski definition) is 4. The zero-order valence-corrected chi connectivity index (χ0v) is 10.2. The van der Waals surface area contributed by atoms with Gasteiger partial charge in [0.1, 0.15) is 0 Å². The molecule has 0 aliphatic heterocycles. The van der Waals surface area contributed by atoms with Crippen LogP contribution >= 0.6 is 0 Å². The van der Waals surface area contributed by atoms with Gasteiger partial charge in [-0.1, -0.05) is 5.11 Å². The second-order valence-electron chi connectivity index (χ2n) is 4.16. The van der Waals surface area contributed by atoms with Crippen LogP contribution in [0.25, 0.3) is 10.4 Å². The van der Waals surface area contributed by atoms with E-state index < -0.39 is 11.5 Å². The first-order valence-electron chi connectivity index (χ1n) is 5.91. The van der Waals surface area contributed by atoms with Crippen LogP contribution in [0, 0.1) is 0 Å². The molecule has 0 spiro atoms. The highest BCUT2D eigenvalue weighted by atomic mass is 16.5. The molecule has 0 N–H and O–H groups in total. The van der Waals surface area contributed by atoms with E-state index >= 15 is 0 Å². The van der Waals surface area contributed by atoms with Gasteiger partial charge in [0.25, 0.3) is 0 Å². The molecule has 1 unspecified atom stereocenters. The minimum atomic E-state index is -1.24. The lowest BCUT2D eigenvalue weighted by Crippen LogP contribution is -2.38. The Kier molecular flexibility index (Phi) is 3.48. The summed E-state index contributed by atoms with van der Waals surface area (Å²) in [5.74, 6) is -0.489. The molecule has 0 bridgehead atoms. The lowest BCUT2D eigenvalue weighted by molar-refractivity contribution is -0.150. The summed E-state index contributed by atoms with van der Waals surface area (Å²) in [6, 6.07) is 1.86. The first-order chi connectivity index (χ1) is 8.74. The van der Waals surface area contributed by atoms with Crippen molar-refractivity contribution in [3.8, 4) is 0 Å². The van der Waals surface area contributed by atoms with Gasteiger partial charge in [-0.2, -0.15) is 0 Å². The number of pyridine rings is 1. The Bertz CT molecular complexity index is 511. The van der Waals surface area contributed by atoms with Gasteiger partial charge in [-0.15, -0.1) is 0 Å². The minimum absolute atomic E-state index is 0.261. The van der Waals surface area contributed by atoms with Crippen LogP contribution in [-0.2, 0) is 21.5 Å². The molecule has 0 amide bonds. The van der Waals surface area contributed by atoms with E-state index in [2.05, 4.69) is 15.0 Å². The molecule has 0 saturated carbocycles. The highest BCUT2D eigenvalue weighted by molar-refractivity contribution is 5.83. The van der Waals surface area contributed by atoms with Crippen LogP contribution in [0.3, 0.4) is 0 Å². The quantitative estimate of drug-likeness (QED) is 0.355. The summed E-state index contributed by atoms with van der Waals surface area (Å²) >= 11 is 0. The molecule has 1 aromatic heterocycles. The average molecular weight is 246 g/mol. The summed E-state index contributed by atoms with van der Waals surface area (Å²) in [5, 5.41) is 3.74. The van der Waals surface area contributed by atoms with Crippen molar-refractivity contribution in [2.75, 3.05) is 6.61 Å². The molecule has 1 atom stereocenters. The summed E-state index contributed by atoms with van der Waals surface area (Å²) in [6.45, 7) is 1.99. The lowest BCUT2D eigenvalue weighted by Gasteiger charge is -2.32. The number of carbonyl (C=O) groups is 1. The standard InChI is InChI=1S/C12H14N4O2/c1-2-18-11(17)12(15-16-13)6-3-4-9-5-7-14-8-10(9)12/h5,7-8H,2-4,6H2,1H3. The lowest BCUT2D eigenvalue weighted by atomic mass is 9.78. The van der Waals surface area contributed by atoms with Gasteiger partial charge in [0.05, 0.1) is 6.61 Å². The Morgan fingerprint density at radius 3 is 3.28 bits per heavy atom. The van der Waals surface area contributed by atoms with E-state index in [1.165, 1.54) is 0 Å². The Hall–Kier alpha value is -2.07. The van der Waals surface area contributed by atoms with Crippen LogP contribution in [0.1, 0.15) is 30.9 Å². The van der Waals surface area contributed by atoms with Crippen LogP contribution in [0.4, 0.5) is 0 Å². The normalized spacial score (nSPS) is 21.6. The van der Waals surface area contributed by atoms with Crippen molar-refractivity contribution in [1.29, 1.82) is 0 Å². The molecule has 1 aromatic rings. The smallest absolute Gasteiger partial charge is 0.322 e. The van der Waals surface area contributed by atoms with Gasteiger partial charge < -0.3 is 4.74 Å². The number of rotatable bonds is 3. The van der Waals surface area contributed by atoms with E-state index in [0.29, 0.717) is 12.0 Å². The number of azide groups is 1. The molecule has 0 fully saturated rings. The van der Waals surface area contributed by atoms with Gasteiger partial charge >= 0.3 is 5.97 Å². The Morgan fingerprint density at radius 1 is 1.72 bits per heavy atom. The first kappa shape index (κ1) is 12.4. The van der Waals surface area contributed by atoms with E-state index in [0.717, 1.165) is 18.4 Å². The molecule has 6 heteroatoms. The zero-order valence-electron chi connectivity index (χ0n) is 10.2. The van der Waals surface area contributed by atoms with Crippen molar-refractivity contribution >= 4 is 5.97 Å². The van der Waals surface area contributed by atoms with Crippen molar-refractivity contribution in [1.82, 2.24) is 4.98 Å². The van der Waals surface area contributed by atoms with Gasteiger partial charge in [-0.05, 0) is 48.9 Å². The maximum Gasteiger partial charge on any atom is 0.322 e. The summed E-state index contributed by atoms with van der Waals surface area (Å²) in [6.07, 6.45) is 5.39. The van der Waals surface area contributed by atoms with Gasteiger partial charge in [0.2, 0.25) is 0 Å². The van der Waals surface area contributed by atoms with Crippen molar-refractivity contribution in [2.24, 2.45) is 5.11 Å². The van der Waals surface area contributed by atoms with Crippen LogP contribution < -0.4 is 0 Å². The summed E-state index contributed by atoms with van der Waals surface area (Å²) in [7, 11) is 0. The molecule has 2 rings (SSSR count). The SMILES string of the molecule is CCOC(=O)C1(N=[N+]=[N-])CCCc2ccncc21. The van der Waals surface area contributed by atoms with Crippen LogP contribution in [0.5, 0.6) is 0 Å². The fourth-order valence-corrected chi connectivity index (χ4v) is 2.37. The van der Waals surface area contributed by atoms with Crippen LogP contribution in [-0.4, -0.2) is 17.6 Å². The molecule has 1 heterocycles. The molecule has 0 radical (unpaired) electrons. The second-order valence-corrected chi connectivity index (χ2v) is 4.16. The molecule has 0 saturated heterocycles. The fraction of sp³-hybridized carbons (Fsp3) is 0.500. The van der Waals surface area contributed by atoms with E-state index in [1.54, 1.807) is 19.3 Å². The number of fused-ring (bicyclic) bond motifs is 1. The average Bonchev–Trinajstić information content (AvgIpc) is 2.39. The predicted molar refractivity (Wildman–Crippen MR) is 64.6 cm³/mol. The maximum atomic E-state index is 12.2. The molecule has 18 heavy (non-hydrogen) atoms. The van der Waals surface area contributed by atoms with Crippen molar-refractivity contribution < 1.29 is 9.53 Å². The predicted octanol–water partition coefficient (Wildman–Crippen LogP) is 2.49. The number of aryl methyl sites for hydroxylation is 1.